The second-order valence-electron chi connectivity index (χ2n) is 3.76. The summed E-state index contributed by atoms with van der Waals surface area (Å²) < 4.78 is 31.6. The van der Waals surface area contributed by atoms with Gasteiger partial charge in [0.15, 0.2) is 0 Å². The van der Waals surface area contributed by atoms with Crippen molar-refractivity contribution in [3.05, 3.63) is 28.2 Å². The van der Waals surface area contributed by atoms with E-state index in [1.54, 1.807) is 0 Å². The van der Waals surface area contributed by atoms with Crippen LogP contribution in [0.15, 0.2) is 23.1 Å². The first kappa shape index (κ1) is 15.7. The molecule has 0 aliphatic heterocycles. The van der Waals surface area contributed by atoms with Gasteiger partial charge in [0.25, 0.3) is 0 Å². The third-order valence-electron chi connectivity index (χ3n) is 2.38. The zero-order valence-electron chi connectivity index (χ0n) is 10.1. The Morgan fingerprint density at radius 1 is 1.33 bits per heavy atom. The summed E-state index contributed by atoms with van der Waals surface area (Å²) in [7, 11) is -2.08. The summed E-state index contributed by atoms with van der Waals surface area (Å²) >= 11 is 11.5. The Bertz CT molecular complexity index is 505. The van der Waals surface area contributed by atoms with Gasteiger partial charge in [-0.25, -0.2) is 13.1 Å². The molecule has 0 aromatic heterocycles. The molecule has 1 aromatic carbocycles. The summed E-state index contributed by atoms with van der Waals surface area (Å²) in [4.78, 5) is 0.0893. The van der Waals surface area contributed by atoms with Crippen LogP contribution in [-0.2, 0) is 14.8 Å². The van der Waals surface area contributed by atoms with Crippen molar-refractivity contribution in [2.24, 2.45) is 0 Å². The lowest BCUT2D eigenvalue weighted by atomic mass is 10.3. The van der Waals surface area contributed by atoms with Crippen molar-refractivity contribution in [3.63, 3.8) is 0 Å². The minimum Gasteiger partial charge on any atom is -0.383 e. The predicted octanol–water partition coefficient (Wildman–Crippen LogP) is 2.70. The van der Waals surface area contributed by atoms with Gasteiger partial charge in [-0.3, -0.25) is 0 Å². The van der Waals surface area contributed by atoms with Crippen LogP contribution in [0.3, 0.4) is 0 Å². The number of nitrogens with one attached hydrogen (secondary N) is 1. The summed E-state index contributed by atoms with van der Waals surface area (Å²) in [5.41, 5.74) is 0. The van der Waals surface area contributed by atoms with E-state index in [1.165, 1.54) is 25.3 Å². The number of rotatable bonds is 6. The zero-order chi connectivity index (χ0) is 13.8. The van der Waals surface area contributed by atoms with E-state index in [1.807, 2.05) is 6.92 Å². The maximum absolute atomic E-state index is 12.1. The van der Waals surface area contributed by atoms with Crippen LogP contribution in [0, 0.1) is 0 Å². The molecule has 1 N–H and O–H groups in total. The topological polar surface area (TPSA) is 55.4 Å². The van der Waals surface area contributed by atoms with Gasteiger partial charge >= 0.3 is 0 Å². The van der Waals surface area contributed by atoms with Gasteiger partial charge in [-0.05, 0) is 24.6 Å². The van der Waals surface area contributed by atoms with Crippen LogP contribution in [0.2, 0.25) is 10.0 Å². The molecule has 0 saturated carbocycles. The van der Waals surface area contributed by atoms with Crippen LogP contribution >= 0.6 is 23.2 Å². The van der Waals surface area contributed by atoms with Crippen LogP contribution in [0.4, 0.5) is 0 Å². The van der Waals surface area contributed by atoms with Gasteiger partial charge in [0.05, 0.1) is 21.5 Å². The average Bonchev–Trinajstić information content (AvgIpc) is 2.31. The van der Waals surface area contributed by atoms with E-state index in [2.05, 4.69) is 4.72 Å². The molecular weight excluding hydrogens is 297 g/mol. The van der Waals surface area contributed by atoms with Gasteiger partial charge in [-0.1, -0.05) is 30.1 Å². The highest BCUT2D eigenvalue weighted by Crippen LogP contribution is 2.24. The number of hydrogen-bond donors (Lipinski definition) is 1. The lowest BCUT2D eigenvalue weighted by Gasteiger charge is -2.16. The molecule has 1 unspecified atom stereocenters. The Kier molecular flexibility index (Phi) is 5.88. The van der Waals surface area contributed by atoms with E-state index >= 15 is 0 Å². The van der Waals surface area contributed by atoms with E-state index in [4.69, 9.17) is 27.9 Å². The lowest BCUT2D eigenvalue weighted by molar-refractivity contribution is 0.173. The quantitative estimate of drug-likeness (QED) is 0.878. The van der Waals surface area contributed by atoms with Gasteiger partial charge in [0, 0.05) is 13.2 Å². The minimum absolute atomic E-state index is 0.0893. The molecule has 0 saturated heterocycles. The summed E-state index contributed by atoms with van der Waals surface area (Å²) in [6.07, 6.45) is 0.633. The number of ether oxygens (including phenoxy) is 1. The fourth-order valence-electron chi connectivity index (χ4n) is 1.37. The normalized spacial score (nSPS) is 13.6. The summed E-state index contributed by atoms with van der Waals surface area (Å²) in [5, 5.41) is 0.527. The summed E-state index contributed by atoms with van der Waals surface area (Å²) in [6, 6.07) is 3.92. The number of hydrogen-bond acceptors (Lipinski definition) is 3. The van der Waals surface area contributed by atoms with Crippen LogP contribution < -0.4 is 4.72 Å². The zero-order valence-corrected chi connectivity index (χ0v) is 12.4. The largest absolute Gasteiger partial charge is 0.383 e. The number of benzene rings is 1. The van der Waals surface area contributed by atoms with Crippen molar-refractivity contribution in [1.82, 2.24) is 4.72 Å². The molecule has 7 heteroatoms. The minimum atomic E-state index is -3.61. The standard InChI is InChI=1S/C11H15Cl2NO3S/c1-3-8(7-17-2)14-18(15,16)9-4-5-10(12)11(13)6-9/h4-6,8,14H,3,7H2,1-2H3. The average molecular weight is 312 g/mol. The Labute approximate surface area is 117 Å². The number of halogens is 2. The van der Waals surface area contributed by atoms with Crippen molar-refractivity contribution in [2.75, 3.05) is 13.7 Å². The molecule has 0 radical (unpaired) electrons. The maximum Gasteiger partial charge on any atom is 0.240 e. The third kappa shape index (κ3) is 4.10. The maximum atomic E-state index is 12.1. The molecule has 1 atom stereocenters. The van der Waals surface area contributed by atoms with Gasteiger partial charge in [0.1, 0.15) is 0 Å². The number of sulfonamides is 1. The first-order chi connectivity index (χ1) is 8.40. The van der Waals surface area contributed by atoms with Crippen LogP contribution in [0.25, 0.3) is 0 Å². The second kappa shape index (κ2) is 6.73. The molecule has 0 spiro atoms. The first-order valence-electron chi connectivity index (χ1n) is 5.37. The van der Waals surface area contributed by atoms with E-state index in [-0.39, 0.29) is 16.0 Å². The van der Waals surface area contributed by atoms with Crippen molar-refractivity contribution in [1.29, 1.82) is 0 Å². The highest BCUT2D eigenvalue weighted by atomic mass is 35.5. The van der Waals surface area contributed by atoms with Crippen molar-refractivity contribution < 1.29 is 13.2 Å². The van der Waals surface area contributed by atoms with Gasteiger partial charge in [-0.15, -0.1) is 0 Å². The second-order valence-corrected chi connectivity index (χ2v) is 6.29. The summed E-state index contributed by atoms with van der Waals surface area (Å²) in [6.45, 7) is 2.19. The summed E-state index contributed by atoms with van der Waals surface area (Å²) in [5.74, 6) is 0. The molecule has 0 heterocycles. The van der Waals surface area contributed by atoms with Crippen LogP contribution in [-0.4, -0.2) is 28.2 Å². The smallest absolute Gasteiger partial charge is 0.240 e. The van der Waals surface area contributed by atoms with Crippen molar-refractivity contribution >= 4 is 33.2 Å². The van der Waals surface area contributed by atoms with Crippen molar-refractivity contribution in [3.8, 4) is 0 Å². The fourth-order valence-corrected chi connectivity index (χ4v) is 3.06. The van der Waals surface area contributed by atoms with Crippen LogP contribution in [0.5, 0.6) is 0 Å². The molecule has 4 nitrogen and oxygen atoms in total. The van der Waals surface area contributed by atoms with E-state index in [0.29, 0.717) is 18.1 Å². The SMILES string of the molecule is CCC(COC)NS(=O)(=O)c1ccc(Cl)c(Cl)c1. The molecule has 102 valence electrons. The van der Waals surface area contributed by atoms with E-state index in [9.17, 15) is 8.42 Å². The van der Waals surface area contributed by atoms with Crippen molar-refractivity contribution in [2.45, 2.75) is 24.3 Å². The highest BCUT2D eigenvalue weighted by molar-refractivity contribution is 7.89. The monoisotopic (exact) mass is 311 g/mol. The fraction of sp³-hybridized carbons (Fsp3) is 0.455. The van der Waals surface area contributed by atoms with Gasteiger partial charge < -0.3 is 4.74 Å². The van der Waals surface area contributed by atoms with E-state index in [0.717, 1.165) is 0 Å². The first-order valence-corrected chi connectivity index (χ1v) is 7.61. The predicted molar refractivity (Wildman–Crippen MR) is 72.7 cm³/mol. The number of methoxy groups -OCH3 is 1. The highest BCUT2D eigenvalue weighted by Gasteiger charge is 2.19. The Hall–Kier alpha value is -0.330. The Morgan fingerprint density at radius 3 is 2.50 bits per heavy atom. The van der Waals surface area contributed by atoms with E-state index < -0.39 is 10.0 Å². The molecule has 1 aromatic rings. The lowest BCUT2D eigenvalue weighted by Crippen LogP contribution is -2.37. The van der Waals surface area contributed by atoms with Gasteiger partial charge in [-0.2, -0.15) is 0 Å². The van der Waals surface area contributed by atoms with Crippen LogP contribution in [0.1, 0.15) is 13.3 Å². The molecule has 0 aliphatic rings. The molecule has 18 heavy (non-hydrogen) atoms. The molecular formula is C11H15Cl2NO3S. The molecule has 0 amide bonds. The third-order valence-corrected chi connectivity index (χ3v) is 4.64. The molecule has 0 bridgehead atoms. The molecule has 0 fully saturated rings. The Morgan fingerprint density at radius 2 is 2.00 bits per heavy atom. The van der Waals surface area contributed by atoms with Gasteiger partial charge in [0.2, 0.25) is 10.0 Å². The molecule has 1 rings (SSSR count). The molecule has 0 aliphatic carbocycles. The Balaban J connectivity index is 2.95.